The minimum Gasteiger partial charge on any atom is -0.477 e. The molecule has 0 saturated carbocycles. The molecule has 0 fully saturated rings. The van der Waals surface area contributed by atoms with Gasteiger partial charge >= 0.3 is 16.1 Å². The fraction of sp³-hybridized carbons (Fsp3) is 0.250. The van der Waals surface area contributed by atoms with Crippen LogP contribution < -0.4 is 0 Å². The van der Waals surface area contributed by atoms with E-state index >= 15 is 0 Å². The van der Waals surface area contributed by atoms with E-state index in [4.69, 9.17) is 9.66 Å². The Hall–Kier alpha value is -0.140. The van der Waals surface area contributed by atoms with Crippen LogP contribution in [0.25, 0.3) is 0 Å². The van der Waals surface area contributed by atoms with Gasteiger partial charge in [0.25, 0.3) is 0 Å². The quantitative estimate of drug-likeness (QED) is 0.415. The number of carbonyl (C=O) groups is 1. The number of carboxylic acids is 1. The fourth-order valence-corrected chi connectivity index (χ4v) is 0.901. The van der Waals surface area contributed by atoms with Crippen molar-refractivity contribution in [1.29, 1.82) is 0 Å². The van der Waals surface area contributed by atoms with Crippen molar-refractivity contribution in [2.24, 2.45) is 0 Å². The average molecular weight is 274 g/mol. The number of aliphatic carboxylic acids is 1. The molecule has 0 saturated heterocycles. The third kappa shape index (κ3) is 4.33. The molecule has 0 aromatic heterocycles. The molecule has 69 valence electrons. The SMILES string of the molecule is C/C=C(/C(=O)O)S(=O)(=O)O.[Ag]. The van der Waals surface area contributed by atoms with Crippen LogP contribution in [0.4, 0.5) is 0 Å². The van der Waals surface area contributed by atoms with Crippen LogP contribution in [0, 0.1) is 0 Å². The number of rotatable bonds is 2. The molecule has 0 rings (SSSR count). The number of hydrogen-bond donors (Lipinski definition) is 2. The number of carboxylic acid groups (broad SMARTS) is 1. The second-order valence-electron chi connectivity index (χ2n) is 1.43. The van der Waals surface area contributed by atoms with Crippen molar-refractivity contribution in [3.05, 3.63) is 11.0 Å². The maximum absolute atomic E-state index is 10.1. The van der Waals surface area contributed by atoms with E-state index in [0.29, 0.717) is 0 Å². The van der Waals surface area contributed by atoms with Gasteiger partial charge in [-0.25, -0.2) is 4.79 Å². The van der Waals surface area contributed by atoms with E-state index in [1.807, 2.05) is 0 Å². The van der Waals surface area contributed by atoms with Gasteiger partial charge in [0.1, 0.15) is 0 Å². The Morgan fingerprint density at radius 1 is 1.45 bits per heavy atom. The zero-order chi connectivity index (χ0) is 8.36. The fourth-order valence-electron chi connectivity index (χ4n) is 0.383. The number of hydrogen-bond acceptors (Lipinski definition) is 3. The number of allylic oxidation sites excluding steroid dienone is 1. The second-order valence-corrected chi connectivity index (χ2v) is 2.82. The Balaban J connectivity index is 0. The van der Waals surface area contributed by atoms with Crippen molar-refractivity contribution in [3.8, 4) is 0 Å². The maximum Gasteiger partial charge on any atom is 0.349 e. The van der Waals surface area contributed by atoms with Crippen molar-refractivity contribution in [3.63, 3.8) is 0 Å². The van der Waals surface area contributed by atoms with Crippen molar-refractivity contribution in [2.45, 2.75) is 6.92 Å². The molecule has 0 aliphatic rings. The van der Waals surface area contributed by atoms with Crippen molar-refractivity contribution in [2.75, 3.05) is 0 Å². The van der Waals surface area contributed by atoms with Gasteiger partial charge in [0, 0.05) is 22.4 Å². The van der Waals surface area contributed by atoms with Gasteiger partial charge in [-0.15, -0.1) is 0 Å². The molecule has 0 spiro atoms. The molecule has 7 heteroatoms. The Kier molecular flexibility index (Phi) is 5.72. The van der Waals surface area contributed by atoms with E-state index in [9.17, 15) is 13.2 Å². The minimum absolute atomic E-state index is 0. The van der Waals surface area contributed by atoms with Gasteiger partial charge in [-0.2, -0.15) is 8.42 Å². The Labute approximate surface area is 79.4 Å². The van der Waals surface area contributed by atoms with Crippen molar-refractivity contribution < 1.29 is 45.3 Å². The van der Waals surface area contributed by atoms with Gasteiger partial charge in [0.15, 0.2) is 4.91 Å². The molecule has 0 heterocycles. The summed E-state index contributed by atoms with van der Waals surface area (Å²) in [6, 6.07) is 0. The molecule has 0 aromatic rings. The molecule has 5 nitrogen and oxygen atoms in total. The molecule has 0 amide bonds. The molecular formula is C4H6AgO5S. The molecule has 0 aliphatic heterocycles. The van der Waals surface area contributed by atoms with Gasteiger partial charge in [-0.3, -0.25) is 4.55 Å². The first-order valence-corrected chi connectivity index (χ1v) is 3.70. The summed E-state index contributed by atoms with van der Waals surface area (Å²) < 4.78 is 28.4. The first kappa shape index (κ1) is 13.5. The summed E-state index contributed by atoms with van der Waals surface area (Å²) in [7, 11) is -4.55. The normalized spacial score (nSPS) is 12.0. The van der Waals surface area contributed by atoms with Crippen LogP contribution in [-0.4, -0.2) is 24.0 Å². The zero-order valence-electron chi connectivity index (χ0n) is 5.41. The Morgan fingerprint density at radius 3 is 1.82 bits per heavy atom. The molecule has 0 aliphatic carbocycles. The van der Waals surface area contributed by atoms with E-state index < -0.39 is 21.0 Å². The standard InChI is InChI=1S/C4H6O5S.Ag/c1-2-3(4(5)6)10(7,8)9;/h2H,1H3,(H,5,6)(H,7,8,9);/b3-2-;. The van der Waals surface area contributed by atoms with Crippen LogP contribution in [0.2, 0.25) is 0 Å². The summed E-state index contributed by atoms with van der Waals surface area (Å²) in [4.78, 5) is 8.96. The van der Waals surface area contributed by atoms with Crippen LogP contribution in [0.15, 0.2) is 11.0 Å². The smallest absolute Gasteiger partial charge is 0.349 e. The summed E-state index contributed by atoms with van der Waals surface area (Å²) in [5.74, 6) is -1.66. The van der Waals surface area contributed by atoms with Crippen LogP contribution in [0.1, 0.15) is 6.92 Å². The summed E-state index contributed by atoms with van der Waals surface area (Å²) in [6.07, 6.45) is 0.803. The monoisotopic (exact) mass is 273 g/mol. The van der Waals surface area contributed by atoms with Gasteiger partial charge < -0.3 is 5.11 Å². The summed E-state index contributed by atoms with van der Waals surface area (Å²) in [5, 5.41) is 8.10. The molecule has 0 atom stereocenters. The van der Waals surface area contributed by atoms with E-state index in [1.165, 1.54) is 6.92 Å². The van der Waals surface area contributed by atoms with Crippen LogP contribution in [-0.2, 0) is 37.3 Å². The van der Waals surface area contributed by atoms with Crippen molar-refractivity contribution >= 4 is 16.1 Å². The molecule has 0 bridgehead atoms. The third-order valence-electron chi connectivity index (χ3n) is 0.751. The molecule has 0 unspecified atom stereocenters. The zero-order valence-corrected chi connectivity index (χ0v) is 7.71. The minimum atomic E-state index is -4.55. The van der Waals surface area contributed by atoms with E-state index in [1.54, 1.807) is 0 Å². The van der Waals surface area contributed by atoms with Crippen LogP contribution in [0.3, 0.4) is 0 Å². The van der Waals surface area contributed by atoms with Crippen LogP contribution >= 0.6 is 0 Å². The van der Waals surface area contributed by atoms with Gasteiger partial charge in [-0.05, 0) is 6.92 Å². The molecule has 1 radical (unpaired) electrons. The third-order valence-corrected chi connectivity index (χ3v) is 1.72. The van der Waals surface area contributed by atoms with Gasteiger partial charge in [-0.1, -0.05) is 6.08 Å². The predicted molar refractivity (Wildman–Crippen MR) is 32.9 cm³/mol. The maximum atomic E-state index is 10.1. The van der Waals surface area contributed by atoms with Gasteiger partial charge in [0.2, 0.25) is 0 Å². The van der Waals surface area contributed by atoms with Crippen LogP contribution in [0.5, 0.6) is 0 Å². The molecule has 11 heavy (non-hydrogen) atoms. The van der Waals surface area contributed by atoms with Gasteiger partial charge in [0.05, 0.1) is 0 Å². The summed E-state index contributed by atoms with van der Waals surface area (Å²) in [5.41, 5.74) is 0. The second kappa shape index (κ2) is 4.68. The van der Waals surface area contributed by atoms with Crippen molar-refractivity contribution in [1.82, 2.24) is 0 Å². The summed E-state index contributed by atoms with van der Waals surface area (Å²) in [6.45, 7) is 1.21. The predicted octanol–water partition coefficient (Wildman–Crippen LogP) is -0.140. The first-order valence-electron chi connectivity index (χ1n) is 2.26. The molecule has 2 N–H and O–H groups in total. The molecule has 0 aromatic carbocycles. The topological polar surface area (TPSA) is 91.7 Å². The Bertz CT molecular complexity index is 264. The first-order chi connectivity index (χ1) is 4.39. The average Bonchev–Trinajstić information content (AvgIpc) is 1.60. The van der Waals surface area contributed by atoms with E-state index in [0.717, 1.165) is 6.08 Å². The van der Waals surface area contributed by atoms with E-state index in [-0.39, 0.29) is 22.4 Å². The Morgan fingerprint density at radius 2 is 1.82 bits per heavy atom. The molecular weight excluding hydrogens is 268 g/mol. The summed E-state index contributed by atoms with van der Waals surface area (Å²) >= 11 is 0. The largest absolute Gasteiger partial charge is 0.477 e. The van der Waals surface area contributed by atoms with E-state index in [2.05, 4.69) is 0 Å².